The molecule has 1 aliphatic rings. The summed E-state index contributed by atoms with van der Waals surface area (Å²) in [6, 6.07) is 2.90. The van der Waals surface area contributed by atoms with Crippen molar-refractivity contribution in [2.75, 3.05) is 5.32 Å². The van der Waals surface area contributed by atoms with Gasteiger partial charge in [-0.3, -0.25) is 19.7 Å². The number of hydrogen-bond donors (Lipinski definition) is 2. The molecule has 1 unspecified atom stereocenters. The van der Waals surface area contributed by atoms with Gasteiger partial charge in [-0.2, -0.15) is 18.2 Å². The minimum atomic E-state index is -4.56. The molecule has 2 N–H and O–H groups in total. The van der Waals surface area contributed by atoms with Crippen molar-refractivity contribution in [3.8, 4) is 0 Å². The number of halogens is 6. The molecule has 1 aliphatic carbocycles. The van der Waals surface area contributed by atoms with Crippen LogP contribution in [0.1, 0.15) is 53.8 Å². The lowest BCUT2D eigenvalue weighted by atomic mass is 9.94. The van der Waals surface area contributed by atoms with Gasteiger partial charge in [-0.05, 0) is 37.5 Å². The fourth-order valence-electron chi connectivity index (χ4n) is 4.16. The highest BCUT2D eigenvalue weighted by atomic mass is 19.4. The van der Waals surface area contributed by atoms with Gasteiger partial charge in [-0.25, -0.2) is 27.4 Å². The van der Waals surface area contributed by atoms with Gasteiger partial charge in [0, 0.05) is 31.8 Å². The highest BCUT2D eigenvalue weighted by molar-refractivity contribution is 5.91. The van der Waals surface area contributed by atoms with E-state index in [-0.39, 0.29) is 68.9 Å². The molecule has 3 aromatic rings. The van der Waals surface area contributed by atoms with E-state index in [1.807, 2.05) is 0 Å². The summed E-state index contributed by atoms with van der Waals surface area (Å²) >= 11 is 0. The van der Waals surface area contributed by atoms with Crippen LogP contribution in [0.15, 0.2) is 41.6 Å². The first-order valence-corrected chi connectivity index (χ1v) is 13.0. The van der Waals surface area contributed by atoms with E-state index in [1.165, 1.54) is 12.3 Å². The summed E-state index contributed by atoms with van der Waals surface area (Å²) in [7, 11) is 0. The number of carbonyl (C=O) groups is 2. The molecule has 43 heavy (non-hydrogen) atoms. The largest absolute Gasteiger partial charge is 0.446 e. The number of rotatable bonds is 10. The molecular weight excluding hydrogens is 590 g/mol. The van der Waals surface area contributed by atoms with E-state index >= 15 is 0 Å². The standard InChI is InChI=1S/C25H26F6N8O4/c26-16(13-39-14-19(36-37-39)21(40)33-12-17-11-15(3-8-32-17)25(29,30)31)4-9-38-10-5-20(34-22(38)41)35-23(42)43-18-1-6-24(27,28)7-2-18/h3,5,8,10-11,14,16,18H,1-2,4,6-7,9,12-13H2,(H,33,40)(H,34,35,41,42). The summed E-state index contributed by atoms with van der Waals surface area (Å²) in [6.07, 6.45) is -5.13. The van der Waals surface area contributed by atoms with Crippen molar-refractivity contribution >= 4 is 17.8 Å². The van der Waals surface area contributed by atoms with Crippen LogP contribution in [0.4, 0.5) is 37.0 Å². The van der Waals surface area contributed by atoms with Crippen LogP contribution in [0.3, 0.4) is 0 Å². The third kappa shape index (κ3) is 9.24. The lowest BCUT2D eigenvalue weighted by Gasteiger charge is -2.27. The van der Waals surface area contributed by atoms with Gasteiger partial charge in [0.1, 0.15) is 18.1 Å². The first-order chi connectivity index (χ1) is 20.3. The topological polar surface area (TPSA) is 146 Å². The summed E-state index contributed by atoms with van der Waals surface area (Å²) < 4.78 is 86.8. The van der Waals surface area contributed by atoms with Crippen LogP contribution < -0.4 is 16.3 Å². The van der Waals surface area contributed by atoms with E-state index in [9.17, 15) is 40.7 Å². The zero-order valence-corrected chi connectivity index (χ0v) is 22.4. The van der Waals surface area contributed by atoms with Crippen LogP contribution in [0, 0.1) is 0 Å². The molecule has 1 saturated carbocycles. The summed E-state index contributed by atoms with van der Waals surface area (Å²) in [5.41, 5.74) is -1.91. The van der Waals surface area contributed by atoms with Crippen LogP contribution in [-0.4, -0.2) is 59.7 Å². The maximum absolute atomic E-state index is 14.6. The molecule has 0 spiro atoms. The fourth-order valence-corrected chi connectivity index (χ4v) is 4.16. The number of pyridine rings is 1. The number of aromatic nitrogens is 6. The number of hydrogen-bond acceptors (Lipinski definition) is 8. The van der Waals surface area contributed by atoms with Gasteiger partial charge in [0.15, 0.2) is 5.69 Å². The van der Waals surface area contributed by atoms with E-state index in [0.717, 1.165) is 33.8 Å². The van der Waals surface area contributed by atoms with Crippen molar-refractivity contribution in [3.63, 3.8) is 0 Å². The van der Waals surface area contributed by atoms with Crippen LogP contribution in [0.5, 0.6) is 0 Å². The molecule has 4 rings (SSSR count). The molecule has 0 aromatic carbocycles. The Hall–Kier alpha value is -4.51. The second-order valence-corrected chi connectivity index (χ2v) is 9.80. The van der Waals surface area contributed by atoms with Crippen LogP contribution in [0.25, 0.3) is 0 Å². The Bertz CT molecular complexity index is 1480. The van der Waals surface area contributed by atoms with Gasteiger partial charge < -0.3 is 10.1 Å². The number of amides is 2. The maximum atomic E-state index is 14.6. The Kier molecular flexibility index (Phi) is 9.65. The quantitative estimate of drug-likeness (QED) is 0.328. The van der Waals surface area contributed by atoms with Gasteiger partial charge in [-0.1, -0.05) is 5.21 Å². The van der Waals surface area contributed by atoms with Crippen molar-refractivity contribution in [1.29, 1.82) is 0 Å². The normalized spacial score (nSPS) is 16.0. The molecule has 18 heteroatoms. The molecule has 3 heterocycles. The minimum Gasteiger partial charge on any atom is -0.446 e. The zero-order chi connectivity index (χ0) is 31.2. The molecule has 0 saturated heterocycles. The zero-order valence-electron chi connectivity index (χ0n) is 22.4. The van der Waals surface area contributed by atoms with E-state index in [4.69, 9.17) is 4.74 Å². The minimum absolute atomic E-state index is 0.0178. The number of alkyl halides is 6. The van der Waals surface area contributed by atoms with Crippen LogP contribution in [0.2, 0.25) is 0 Å². The molecule has 12 nitrogen and oxygen atoms in total. The van der Waals surface area contributed by atoms with E-state index in [1.54, 1.807) is 0 Å². The first-order valence-electron chi connectivity index (χ1n) is 13.0. The summed E-state index contributed by atoms with van der Waals surface area (Å²) in [5, 5.41) is 11.9. The van der Waals surface area contributed by atoms with Crippen LogP contribution in [-0.2, 0) is 30.5 Å². The number of nitrogens with one attached hydrogen (secondary N) is 2. The monoisotopic (exact) mass is 616 g/mol. The van der Waals surface area contributed by atoms with E-state index in [2.05, 4.69) is 30.9 Å². The second kappa shape index (κ2) is 13.2. The highest BCUT2D eigenvalue weighted by Gasteiger charge is 2.36. The average molecular weight is 617 g/mol. The highest BCUT2D eigenvalue weighted by Crippen LogP contribution is 2.34. The van der Waals surface area contributed by atoms with Gasteiger partial charge in [0.05, 0.1) is 30.5 Å². The number of nitrogens with zero attached hydrogens (tertiary/aromatic N) is 6. The predicted octanol–water partition coefficient (Wildman–Crippen LogP) is 3.73. The SMILES string of the molecule is O=C(Nc1ccn(CCC(F)Cn2cc(C(=O)NCc3cc(C(F)(F)F)ccn3)nn2)c(=O)n1)OC1CCC(F)(F)CC1. The molecule has 0 radical (unpaired) electrons. The fraction of sp³-hybridized carbons (Fsp3) is 0.480. The van der Waals surface area contributed by atoms with Gasteiger partial charge in [0.25, 0.3) is 5.91 Å². The molecule has 1 atom stereocenters. The van der Waals surface area contributed by atoms with Crippen molar-refractivity contribution in [2.45, 2.75) is 76.1 Å². The van der Waals surface area contributed by atoms with Gasteiger partial charge in [-0.15, -0.1) is 5.10 Å². The molecule has 0 bridgehead atoms. The number of aryl methyl sites for hydroxylation is 1. The molecule has 3 aromatic heterocycles. The second-order valence-electron chi connectivity index (χ2n) is 9.80. The molecular formula is C25H26F6N8O4. The van der Waals surface area contributed by atoms with E-state index < -0.39 is 47.6 Å². The lowest BCUT2D eigenvalue weighted by molar-refractivity contribution is -0.137. The van der Waals surface area contributed by atoms with Crippen molar-refractivity contribution in [1.82, 2.24) is 34.8 Å². The smallest absolute Gasteiger partial charge is 0.416 e. The average Bonchev–Trinajstić information content (AvgIpc) is 3.40. The van der Waals surface area contributed by atoms with Crippen molar-refractivity contribution < 1.29 is 40.7 Å². The Morgan fingerprint density at radius 3 is 2.63 bits per heavy atom. The summed E-state index contributed by atoms with van der Waals surface area (Å²) in [6.45, 7) is -0.697. The van der Waals surface area contributed by atoms with E-state index in [0.29, 0.717) is 0 Å². The molecule has 0 aliphatic heterocycles. The Morgan fingerprint density at radius 1 is 1.19 bits per heavy atom. The Labute approximate surface area is 239 Å². The Balaban J connectivity index is 1.21. The third-order valence-corrected chi connectivity index (χ3v) is 6.46. The number of ether oxygens (including phenoxy) is 1. The maximum Gasteiger partial charge on any atom is 0.416 e. The van der Waals surface area contributed by atoms with Crippen molar-refractivity contribution in [3.05, 3.63) is 64.2 Å². The predicted molar refractivity (Wildman–Crippen MR) is 136 cm³/mol. The Morgan fingerprint density at radius 2 is 1.93 bits per heavy atom. The van der Waals surface area contributed by atoms with Crippen molar-refractivity contribution in [2.24, 2.45) is 0 Å². The van der Waals surface area contributed by atoms with Gasteiger partial charge in [0.2, 0.25) is 5.92 Å². The number of anilines is 1. The summed E-state index contributed by atoms with van der Waals surface area (Å²) in [4.78, 5) is 44.1. The van der Waals surface area contributed by atoms with Crippen LogP contribution >= 0.6 is 0 Å². The van der Waals surface area contributed by atoms with Gasteiger partial charge >= 0.3 is 18.0 Å². The molecule has 2 amide bonds. The third-order valence-electron chi connectivity index (χ3n) is 6.46. The summed E-state index contributed by atoms with van der Waals surface area (Å²) in [5.74, 6) is -3.65. The first kappa shape index (κ1) is 31.4. The molecule has 1 fully saturated rings. The molecule has 232 valence electrons. The number of carbonyl (C=O) groups excluding carboxylic acids is 2. The lowest BCUT2D eigenvalue weighted by Crippen LogP contribution is -2.32.